The molecule has 20 aromatic rings. The molecule has 2 aliphatic carbocycles. The second-order valence-electron chi connectivity index (χ2n) is 32.3. The molecular weight excluding hydrogens is 1430 g/mol. The first-order chi connectivity index (χ1) is 58.1. The minimum absolute atomic E-state index is 0.120. The monoisotopic (exact) mass is 1510 g/mol. The smallest absolute Gasteiger partial charge is 0.0546 e. The van der Waals surface area contributed by atoms with E-state index in [1.807, 2.05) is 0 Å². The van der Waals surface area contributed by atoms with Gasteiger partial charge in [-0.25, -0.2) is 0 Å². The lowest BCUT2D eigenvalue weighted by atomic mass is 9.82. The molecule has 0 fully saturated rings. The molecule has 22 rings (SSSR count). The zero-order valence-electron chi connectivity index (χ0n) is 66.4. The molecule has 4 heteroatoms. The molecule has 0 amide bonds. The number of nitrogens with zero attached hydrogens (tertiary/aromatic N) is 4. The van der Waals surface area contributed by atoms with E-state index in [0.29, 0.717) is 0 Å². The minimum Gasteiger partial charge on any atom is -0.310 e. The number of anilines is 6. The fourth-order valence-electron chi connectivity index (χ4n) is 19.1. The summed E-state index contributed by atoms with van der Waals surface area (Å²) in [5.74, 6) is 0. The quantitative estimate of drug-likeness (QED) is 0.108. The minimum atomic E-state index is -0.132. The van der Waals surface area contributed by atoms with Crippen molar-refractivity contribution in [2.75, 3.05) is 9.80 Å². The molecule has 0 saturated heterocycles. The largest absolute Gasteiger partial charge is 0.310 e. The van der Waals surface area contributed by atoms with Gasteiger partial charge in [0.1, 0.15) is 0 Å². The second kappa shape index (κ2) is 29.2. The molecule has 560 valence electrons. The van der Waals surface area contributed by atoms with Crippen LogP contribution in [0.4, 0.5) is 34.1 Å². The highest BCUT2D eigenvalue weighted by molar-refractivity contribution is 6.11. The Labute approximate surface area is 690 Å². The lowest BCUT2D eigenvalue weighted by molar-refractivity contribution is 0.660. The summed E-state index contributed by atoms with van der Waals surface area (Å²) in [7, 11) is 0. The zero-order chi connectivity index (χ0) is 79.0. The third-order valence-corrected chi connectivity index (χ3v) is 24.8. The first kappa shape index (κ1) is 71.0. The maximum absolute atomic E-state index is 2.46. The molecule has 0 bridgehead atoms. The van der Waals surface area contributed by atoms with Crippen molar-refractivity contribution in [2.45, 2.75) is 38.5 Å². The Morgan fingerprint density at radius 2 is 0.500 bits per heavy atom. The van der Waals surface area contributed by atoms with Crippen LogP contribution in [0.1, 0.15) is 49.9 Å². The first-order valence-electron chi connectivity index (χ1n) is 41.0. The maximum Gasteiger partial charge on any atom is 0.0546 e. The van der Waals surface area contributed by atoms with Gasteiger partial charge in [0.05, 0.1) is 27.8 Å². The van der Waals surface area contributed by atoms with Crippen LogP contribution in [0.15, 0.2) is 437 Å². The highest BCUT2D eigenvalue weighted by atomic mass is 15.2. The van der Waals surface area contributed by atoms with Crippen LogP contribution in [-0.4, -0.2) is 9.13 Å². The highest BCUT2D eigenvalue weighted by Crippen LogP contribution is 2.55. The third kappa shape index (κ3) is 12.2. The van der Waals surface area contributed by atoms with Crippen LogP contribution in [0.3, 0.4) is 0 Å². The van der Waals surface area contributed by atoms with Crippen molar-refractivity contribution in [3.63, 3.8) is 0 Å². The van der Waals surface area contributed by atoms with Crippen LogP contribution in [0, 0.1) is 0 Å². The van der Waals surface area contributed by atoms with Crippen LogP contribution in [0.25, 0.3) is 144 Å². The fraction of sp³-hybridized carbons (Fsp3) is 0.0526. The van der Waals surface area contributed by atoms with Gasteiger partial charge in [-0.2, -0.15) is 0 Å². The van der Waals surface area contributed by atoms with Gasteiger partial charge in [0, 0.05) is 77.8 Å². The standard InChI is InChI=1S/2C57H42N2/c1-57(2)51-27-12-9-23-47(51)48-36-35-45(38-52(48)57)58(55-30-16-26-46(40-17-5-3-6-18-40)56(55)41-19-7-4-8-20-41)43-33-31-39(32-34-43)42-21-15-22-44(37-42)59-53-28-13-10-24-49(53)50-25-11-14-29-54(50)59;1-57(2)53-25-12-9-22-48(53)49-35-33-46(38-54(49)57)58(45-32-34-47(40-16-5-3-6-17-40)52(37-45)41-18-7-4-8-19-41)43-30-28-39(29-31-43)42-20-15-21-44(36-42)59-55-26-13-10-23-50(55)51-24-11-14-27-56(51)59/h2*3-38H,1-2H3. The van der Waals surface area contributed by atoms with E-state index in [-0.39, 0.29) is 10.8 Å². The van der Waals surface area contributed by atoms with Crippen molar-refractivity contribution >= 4 is 77.7 Å². The number of hydrogen-bond acceptors (Lipinski definition) is 2. The van der Waals surface area contributed by atoms with Gasteiger partial charge in [0.2, 0.25) is 0 Å². The molecule has 0 aliphatic heterocycles. The summed E-state index contributed by atoms with van der Waals surface area (Å²) in [6.07, 6.45) is 0. The van der Waals surface area contributed by atoms with E-state index >= 15 is 0 Å². The number of para-hydroxylation sites is 4. The summed E-state index contributed by atoms with van der Waals surface area (Å²) in [5, 5.41) is 5.07. The van der Waals surface area contributed by atoms with E-state index in [1.54, 1.807) is 0 Å². The molecule has 2 heterocycles. The molecule has 0 unspecified atom stereocenters. The molecule has 0 radical (unpaired) electrons. The van der Waals surface area contributed by atoms with Gasteiger partial charge < -0.3 is 18.9 Å². The molecule has 2 aromatic heterocycles. The van der Waals surface area contributed by atoms with Gasteiger partial charge in [0.15, 0.2) is 0 Å². The lowest BCUT2D eigenvalue weighted by Gasteiger charge is -2.31. The third-order valence-electron chi connectivity index (χ3n) is 24.8. The van der Waals surface area contributed by atoms with Crippen molar-refractivity contribution in [1.29, 1.82) is 0 Å². The van der Waals surface area contributed by atoms with E-state index in [9.17, 15) is 0 Å². The maximum atomic E-state index is 2.46. The van der Waals surface area contributed by atoms with E-state index in [1.165, 1.54) is 155 Å². The predicted octanol–water partition coefficient (Wildman–Crippen LogP) is 31.1. The van der Waals surface area contributed by atoms with E-state index in [2.05, 4.69) is 483 Å². The molecule has 2 aliphatic rings. The Kier molecular flexibility index (Phi) is 17.6. The summed E-state index contributed by atoms with van der Waals surface area (Å²) >= 11 is 0. The zero-order valence-corrected chi connectivity index (χ0v) is 66.4. The molecule has 0 N–H and O–H groups in total. The highest BCUT2D eigenvalue weighted by Gasteiger charge is 2.38. The summed E-state index contributed by atoms with van der Waals surface area (Å²) in [5.41, 5.74) is 38.6. The summed E-state index contributed by atoms with van der Waals surface area (Å²) < 4.78 is 4.78. The molecule has 0 saturated carbocycles. The molecule has 0 atom stereocenters. The van der Waals surface area contributed by atoms with Gasteiger partial charge in [-0.3, -0.25) is 0 Å². The second-order valence-corrected chi connectivity index (χ2v) is 32.3. The topological polar surface area (TPSA) is 16.3 Å². The SMILES string of the molecule is CC1(C)c2ccccc2-c2ccc(N(c3ccc(-c4cccc(-n5c6ccccc6c6ccccc65)c4)cc3)c3ccc(-c4ccccc4)c(-c4ccccc4)c3)cc21.CC1(C)c2ccccc2-c2ccc(N(c3ccc(-c4cccc(-n5c6ccccc6c6ccccc65)c4)cc3)c3cccc(-c4ccccc4)c3-c3ccccc3)cc21. The average Bonchev–Trinajstić information content (AvgIpc) is 1.56. The van der Waals surface area contributed by atoms with Crippen LogP contribution >= 0.6 is 0 Å². The normalized spacial score (nSPS) is 12.7. The van der Waals surface area contributed by atoms with Crippen molar-refractivity contribution < 1.29 is 0 Å². The number of aromatic nitrogens is 2. The van der Waals surface area contributed by atoms with E-state index in [0.717, 1.165) is 45.5 Å². The average molecular weight is 1510 g/mol. The van der Waals surface area contributed by atoms with E-state index in [4.69, 9.17) is 0 Å². The Balaban J connectivity index is 0.000000147. The van der Waals surface area contributed by atoms with Gasteiger partial charge in [-0.05, 0) is 221 Å². The van der Waals surface area contributed by atoms with Crippen molar-refractivity contribution in [2.24, 2.45) is 0 Å². The Morgan fingerprint density at radius 1 is 0.186 bits per heavy atom. The molecule has 4 nitrogen and oxygen atoms in total. The Bertz CT molecular complexity index is 7070. The van der Waals surface area contributed by atoms with Gasteiger partial charge in [0.25, 0.3) is 0 Å². The van der Waals surface area contributed by atoms with Crippen LogP contribution < -0.4 is 9.80 Å². The fourth-order valence-corrected chi connectivity index (χ4v) is 19.1. The number of benzene rings is 18. The lowest BCUT2D eigenvalue weighted by Crippen LogP contribution is -2.17. The molecule has 18 aromatic carbocycles. The molecule has 118 heavy (non-hydrogen) atoms. The van der Waals surface area contributed by atoms with Gasteiger partial charge in [-0.1, -0.05) is 349 Å². The van der Waals surface area contributed by atoms with Crippen molar-refractivity contribution in [3.05, 3.63) is 459 Å². The van der Waals surface area contributed by atoms with Gasteiger partial charge in [-0.15, -0.1) is 0 Å². The summed E-state index contributed by atoms with van der Waals surface area (Å²) in [6.45, 7) is 9.44. The van der Waals surface area contributed by atoms with Gasteiger partial charge >= 0.3 is 0 Å². The number of hydrogen-bond donors (Lipinski definition) is 0. The Hall–Kier alpha value is -14.8. The van der Waals surface area contributed by atoms with Crippen molar-refractivity contribution in [1.82, 2.24) is 9.13 Å². The van der Waals surface area contributed by atoms with E-state index < -0.39 is 0 Å². The molecular formula is C114H84N4. The van der Waals surface area contributed by atoms with Crippen LogP contribution in [-0.2, 0) is 10.8 Å². The Morgan fingerprint density at radius 3 is 0.949 bits per heavy atom. The summed E-state index contributed by atoms with van der Waals surface area (Å²) in [6, 6.07) is 160. The predicted molar refractivity (Wildman–Crippen MR) is 499 cm³/mol. The summed E-state index contributed by atoms with van der Waals surface area (Å²) in [4.78, 5) is 4.89. The number of rotatable bonds is 14. The van der Waals surface area contributed by atoms with Crippen LogP contribution in [0.2, 0.25) is 0 Å². The number of fused-ring (bicyclic) bond motifs is 12. The van der Waals surface area contributed by atoms with Crippen molar-refractivity contribution in [3.8, 4) is 100 Å². The first-order valence-corrected chi connectivity index (χ1v) is 41.0. The van der Waals surface area contributed by atoms with Crippen LogP contribution in [0.5, 0.6) is 0 Å². The molecule has 0 spiro atoms.